The van der Waals surface area contributed by atoms with Crippen molar-refractivity contribution in [2.45, 2.75) is 25.3 Å². The SMILES string of the molecule is Cl.NC(=O)CC1CCNC(c2cccc(F)c2)C1. The fourth-order valence-electron chi connectivity index (χ4n) is 2.44. The summed E-state index contributed by atoms with van der Waals surface area (Å²) in [4.78, 5) is 10.9. The standard InChI is InChI=1S/C13H17FN2O.ClH/c14-11-3-1-2-10(8-11)12-6-9(4-5-16-12)7-13(15)17;/h1-3,8-9,12,16H,4-7H2,(H2,15,17);1H. The highest BCUT2D eigenvalue weighted by molar-refractivity contribution is 5.85. The van der Waals surface area contributed by atoms with E-state index in [4.69, 9.17) is 5.73 Å². The summed E-state index contributed by atoms with van der Waals surface area (Å²) in [7, 11) is 0. The number of nitrogens with two attached hydrogens (primary N) is 1. The van der Waals surface area contributed by atoms with Crippen LogP contribution in [0.1, 0.15) is 30.9 Å². The Labute approximate surface area is 112 Å². The largest absolute Gasteiger partial charge is 0.370 e. The van der Waals surface area contributed by atoms with Gasteiger partial charge in [0.05, 0.1) is 0 Å². The van der Waals surface area contributed by atoms with Crippen molar-refractivity contribution >= 4 is 18.3 Å². The number of carbonyl (C=O) groups is 1. The van der Waals surface area contributed by atoms with Gasteiger partial charge in [0.2, 0.25) is 5.91 Å². The van der Waals surface area contributed by atoms with Crippen LogP contribution in [0.5, 0.6) is 0 Å². The summed E-state index contributed by atoms with van der Waals surface area (Å²) in [6, 6.07) is 6.73. The van der Waals surface area contributed by atoms with Gasteiger partial charge in [-0.2, -0.15) is 0 Å². The van der Waals surface area contributed by atoms with Crippen LogP contribution in [0.25, 0.3) is 0 Å². The molecule has 1 amide bonds. The van der Waals surface area contributed by atoms with E-state index in [9.17, 15) is 9.18 Å². The van der Waals surface area contributed by atoms with Gasteiger partial charge in [0.1, 0.15) is 5.82 Å². The molecule has 0 aromatic heterocycles. The summed E-state index contributed by atoms with van der Waals surface area (Å²) in [6.07, 6.45) is 2.22. The van der Waals surface area contributed by atoms with Crippen LogP contribution in [0.2, 0.25) is 0 Å². The van der Waals surface area contributed by atoms with E-state index in [-0.39, 0.29) is 30.2 Å². The van der Waals surface area contributed by atoms with E-state index in [1.807, 2.05) is 6.07 Å². The fourth-order valence-corrected chi connectivity index (χ4v) is 2.44. The fraction of sp³-hybridized carbons (Fsp3) is 0.462. The second-order valence-electron chi connectivity index (χ2n) is 4.62. The molecule has 3 N–H and O–H groups in total. The van der Waals surface area contributed by atoms with Crippen molar-refractivity contribution in [2.24, 2.45) is 11.7 Å². The lowest BCUT2D eigenvalue weighted by molar-refractivity contribution is -0.119. The number of nitrogens with one attached hydrogen (secondary N) is 1. The third-order valence-electron chi connectivity index (χ3n) is 3.25. The van der Waals surface area contributed by atoms with Crippen molar-refractivity contribution in [3.63, 3.8) is 0 Å². The molecule has 5 heteroatoms. The maximum atomic E-state index is 13.1. The van der Waals surface area contributed by atoms with Crippen LogP contribution in [-0.4, -0.2) is 12.5 Å². The zero-order valence-electron chi connectivity index (χ0n) is 10.1. The maximum Gasteiger partial charge on any atom is 0.217 e. The maximum absolute atomic E-state index is 13.1. The molecule has 2 rings (SSSR count). The van der Waals surface area contributed by atoms with Crippen LogP contribution >= 0.6 is 12.4 Å². The lowest BCUT2D eigenvalue weighted by Gasteiger charge is -2.30. The molecule has 1 aliphatic rings. The number of hydrogen-bond donors (Lipinski definition) is 2. The Morgan fingerprint density at radius 1 is 1.50 bits per heavy atom. The lowest BCUT2D eigenvalue weighted by Crippen LogP contribution is -2.33. The first-order chi connectivity index (χ1) is 8.15. The molecule has 0 saturated carbocycles. The molecule has 0 aliphatic carbocycles. The first-order valence-electron chi connectivity index (χ1n) is 5.92. The van der Waals surface area contributed by atoms with Gasteiger partial charge in [-0.3, -0.25) is 4.79 Å². The van der Waals surface area contributed by atoms with Crippen molar-refractivity contribution in [1.29, 1.82) is 0 Å². The predicted octanol–water partition coefficient (Wildman–Crippen LogP) is 2.16. The van der Waals surface area contributed by atoms with Gasteiger partial charge >= 0.3 is 0 Å². The molecule has 1 aliphatic heterocycles. The molecule has 0 bridgehead atoms. The van der Waals surface area contributed by atoms with Gasteiger partial charge in [0.15, 0.2) is 0 Å². The van der Waals surface area contributed by atoms with Crippen molar-refractivity contribution in [2.75, 3.05) is 6.54 Å². The second-order valence-corrected chi connectivity index (χ2v) is 4.62. The molecular weight excluding hydrogens is 255 g/mol. The topological polar surface area (TPSA) is 55.1 Å². The average Bonchev–Trinajstić information content (AvgIpc) is 2.28. The zero-order valence-corrected chi connectivity index (χ0v) is 10.9. The van der Waals surface area contributed by atoms with Crippen molar-refractivity contribution in [1.82, 2.24) is 5.32 Å². The monoisotopic (exact) mass is 272 g/mol. The number of amides is 1. The van der Waals surface area contributed by atoms with Crippen LogP contribution in [0.4, 0.5) is 4.39 Å². The predicted molar refractivity (Wildman–Crippen MR) is 70.9 cm³/mol. The van der Waals surface area contributed by atoms with E-state index in [0.717, 1.165) is 24.9 Å². The van der Waals surface area contributed by atoms with Crippen molar-refractivity contribution in [3.8, 4) is 0 Å². The number of hydrogen-bond acceptors (Lipinski definition) is 2. The van der Waals surface area contributed by atoms with E-state index in [1.165, 1.54) is 6.07 Å². The first-order valence-corrected chi connectivity index (χ1v) is 5.92. The van der Waals surface area contributed by atoms with Crippen LogP contribution < -0.4 is 11.1 Å². The quantitative estimate of drug-likeness (QED) is 0.886. The molecule has 3 nitrogen and oxygen atoms in total. The number of carbonyl (C=O) groups excluding carboxylic acids is 1. The molecule has 0 radical (unpaired) electrons. The van der Waals surface area contributed by atoms with E-state index in [2.05, 4.69) is 5.32 Å². The van der Waals surface area contributed by atoms with Gasteiger partial charge < -0.3 is 11.1 Å². The van der Waals surface area contributed by atoms with Gasteiger partial charge in [-0.15, -0.1) is 12.4 Å². The Morgan fingerprint density at radius 2 is 2.28 bits per heavy atom. The Kier molecular flexibility index (Phi) is 5.56. The van der Waals surface area contributed by atoms with Gasteiger partial charge in [-0.25, -0.2) is 4.39 Å². The summed E-state index contributed by atoms with van der Waals surface area (Å²) in [6.45, 7) is 0.846. The molecule has 0 spiro atoms. The minimum Gasteiger partial charge on any atom is -0.370 e. The Balaban J connectivity index is 0.00000162. The summed E-state index contributed by atoms with van der Waals surface area (Å²) < 4.78 is 13.1. The highest BCUT2D eigenvalue weighted by atomic mass is 35.5. The smallest absolute Gasteiger partial charge is 0.217 e. The molecule has 1 aromatic carbocycles. The zero-order chi connectivity index (χ0) is 12.3. The van der Waals surface area contributed by atoms with E-state index < -0.39 is 0 Å². The molecule has 100 valence electrons. The molecule has 1 aromatic rings. The molecule has 1 heterocycles. The summed E-state index contributed by atoms with van der Waals surface area (Å²) >= 11 is 0. The summed E-state index contributed by atoms with van der Waals surface area (Å²) in [5.41, 5.74) is 6.16. The van der Waals surface area contributed by atoms with Gasteiger partial charge in [-0.1, -0.05) is 12.1 Å². The highest BCUT2D eigenvalue weighted by Crippen LogP contribution is 2.29. The molecular formula is C13H18ClFN2O. The summed E-state index contributed by atoms with van der Waals surface area (Å²) in [5.74, 6) is -0.168. The second kappa shape index (κ2) is 6.71. The van der Waals surface area contributed by atoms with Gasteiger partial charge in [0, 0.05) is 12.5 Å². The third kappa shape index (κ3) is 3.96. The molecule has 2 unspecified atom stereocenters. The van der Waals surface area contributed by atoms with E-state index in [1.54, 1.807) is 12.1 Å². The minimum atomic E-state index is -0.255. The molecule has 2 atom stereocenters. The molecule has 18 heavy (non-hydrogen) atoms. The van der Waals surface area contributed by atoms with Crippen LogP contribution in [0.3, 0.4) is 0 Å². The highest BCUT2D eigenvalue weighted by Gasteiger charge is 2.23. The third-order valence-corrected chi connectivity index (χ3v) is 3.25. The van der Waals surface area contributed by atoms with Crippen molar-refractivity contribution < 1.29 is 9.18 Å². The number of piperidine rings is 1. The van der Waals surface area contributed by atoms with Gasteiger partial charge in [-0.05, 0) is 43.0 Å². The Hall–Kier alpha value is -1.13. The normalized spacial score (nSPS) is 23.2. The number of primary amides is 1. The van der Waals surface area contributed by atoms with Crippen molar-refractivity contribution in [3.05, 3.63) is 35.6 Å². The number of benzene rings is 1. The molecule has 1 saturated heterocycles. The van der Waals surface area contributed by atoms with Crippen LogP contribution in [-0.2, 0) is 4.79 Å². The van der Waals surface area contributed by atoms with Crippen LogP contribution in [0, 0.1) is 11.7 Å². The van der Waals surface area contributed by atoms with Crippen LogP contribution in [0.15, 0.2) is 24.3 Å². The Morgan fingerprint density at radius 3 is 2.94 bits per heavy atom. The van der Waals surface area contributed by atoms with E-state index in [0.29, 0.717) is 12.3 Å². The minimum absolute atomic E-state index is 0. The lowest BCUT2D eigenvalue weighted by atomic mass is 9.86. The van der Waals surface area contributed by atoms with E-state index >= 15 is 0 Å². The van der Waals surface area contributed by atoms with Gasteiger partial charge in [0.25, 0.3) is 0 Å². The average molecular weight is 273 g/mol. The first kappa shape index (κ1) is 14.9. The summed E-state index contributed by atoms with van der Waals surface area (Å²) in [5, 5.41) is 3.35. The number of halogens is 2. The Bertz CT molecular complexity index is 414. The number of rotatable bonds is 3. The molecule has 1 fully saturated rings.